The summed E-state index contributed by atoms with van der Waals surface area (Å²) in [6.45, 7) is 1.84. The highest BCUT2D eigenvalue weighted by Crippen LogP contribution is 2.39. The van der Waals surface area contributed by atoms with Gasteiger partial charge in [-0.2, -0.15) is 0 Å². The van der Waals surface area contributed by atoms with Gasteiger partial charge in [0.25, 0.3) is 0 Å². The molecule has 0 amide bonds. The number of nitrogens with zero attached hydrogens (tertiary/aromatic N) is 1. The fourth-order valence-electron chi connectivity index (χ4n) is 3.82. The summed E-state index contributed by atoms with van der Waals surface area (Å²) in [6, 6.07) is 23.7. The smallest absolute Gasteiger partial charge is 0.214 e. The molecule has 1 heterocycles. The second kappa shape index (κ2) is 7.80. The van der Waals surface area contributed by atoms with Gasteiger partial charge in [0.1, 0.15) is 5.75 Å². The molecule has 1 unspecified atom stereocenters. The molecule has 3 aromatic carbocycles. The predicted molar refractivity (Wildman–Crippen MR) is 115 cm³/mol. The number of hydrogen-bond acceptors (Lipinski definition) is 3. The molecule has 1 atom stereocenters. The van der Waals surface area contributed by atoms with E-state index < -0.39 is 0 Å². The van der Waals surface area contributed by atoms with E-state index in [2.05, 4.69) is 4.98 Å². The lowest BCUT2D eigenvalue weighted by atomic mass is 9.87. The number of aromatic amines is 1. The standard InChI is InChI=1S/C24H22N2O3/c1-16-7-9-17(10-8-16)21(15-26(27)28)23-20-5-3-4-6-22(20)25-24(23)18-11-13-19(29-2)14-12-18/h3-14,21,25H,15H2,1-2H3. The molecule has 0 aliphatic carbocycles. The van der Waals surface area contributed by atoms with Crippen LogP contribution in [0.5, 0.6) is 5.75 Å². The molecule has 0 bridgehead atoms. The molecular formula is C24H22N2O3. The Morgan fingerprint density at radius 3 is 2.34 bits per heavy atom. The van der Waals surface area contributed by atoms with Crippen molar-refractivity contribution < 1.29 is 9.66 Å². The van der Waals surface area contributed by atoms with Crippen LogP contribution in [0.4, 0.5) is 0 Å². The van der Waals surface area contributed by atoms with Crippen molar-refractivity contribution in [3.8, 4) is 17.0 Å². The number of benzene rings is 3. The Labute approximate surface area is 169 Å². The number of aromatic nitrogens is 1. The number of nitro groups is 1. The molecule has 0 saturated carbocycles. The van der Waals surface area contributed by atoms with E-state index >= 15 is 0 Å². The lowest BCUT2D eigenvalue weighted by molar-refractivity contribution is -0.481. The largest absolute Gasteiger partial charge is 0.497 e. The highest BCUT2D eigenvalue weighted by atomic mass is 16.6. The predicted octanol–water partition coefficient (Wildman–Crippen LogP) is 5.56. The highest BCUT2D eigenvalue weighted by Gasteiger charge is 2.27. The van der Waals surface area contributed by atoms with Gasteiger partial charge >= 0.3 is 0 Å². The third-order valence-electron chi connectivity index (χ3n) is 5.28. The fraction of sp³-hybridized carbons (Fsp3) is 0.167. The molecule has 5 heteroatoms. The van der Waals surface area contributed by atoms with Gasteiger partial charge < -0.3 is 9.72 Å². The molecule has 4 rings (SSSR count). The maximum atomic E-state index is 11.6. The number of ether oxygens (including phenoxy) is 1. The van der Waals surface area contributed by atoms with Gasteiger partial charge in [0.2, 0.25) is 6.54 Å². The second-order valence-corrected chi connectivity index (χ2v) is 7.17. The molecule has 0 radical (unpaired) electrons. The van der Waals surface area contributed by atoms with Crippen LogP contribution < -0.4 is 4.74 Å². The van der Waals surface area contributed by atoms with Gasteiger partial charge in [-0.15, -0.1) is 0 Å². The average molecular weight is 386 g/mol. The van der Waals surface area contributed by atoms with E-state index in [1.165, 1.54) is 0 Å². The SMILES string of the molecule is COc1ccc(-c2[nH]c3ccccc3c2C(C[N+](=O)[O-])c2ccc(C)cc2)cc1. The van der Waals surface area contributed by atoms with E-state index in [-0.39, 0.29) is 17.4 Å². The summed E-state index contributed by atoms with van der Waals surface area (Å²) < 4.78 is 5.28. The van der Waals surface area contributed by atoms with Gasteiger partial charge in [0.15, 0.2) is 0 Å². The Morgan fingerprint density at radius 2 is 1.69 bits per heavy atom. The second-order valence-electron chi connectivity index (χ2n) is 7.17. The normalized spacial score (nSPS) is 12.1. The lowest BCUT2D eigenvalue weighted by Gasteiger charge is -2.16. The first kappa shape index (κ1) is 18.7. The number of hydrogen-bond donors (Lipinski definition) is 1. The number of rotatable bonds is 6. The van der Waals surface area contributed by atoms with Crippen molar-refractivity contribution in [1.82, 2.24) is 4.98 Å². The Morgan fingerprint density at radius 1 is 1.00 bits per heavy atom. The zero-order valence-electron chi connectivity index (χ0n) is 16.4. The number of H-pyrrole nitrogens is 1. The van der Waals surface area contributed by atoms with Gasteiger partial charge in [-0.05, 0) is 53.9 Å². The number of fused-ring (bicyclic) bond motifs is 1. The lowest BCUT2D eigenvalue weighted by Crippen LogP contribution is -2.14. The van der Waals surface area contributed by atoms with Crippen molar-refractivity contribution >= 4 is 10.9 Å². The number of para-hydroxylation sites is 1. The van der Waals surface area contributed by atoms with Crippen LogP contribution in [0.1, 0.15) is 22.6 Å². The molecule has 1 aromatic heterocycles. The molecule has 5 nitrogen and oxygen atoms in total. The van der Waals surface area contributed by atoms with Crippen LogP contribution in [-0.2, 0) is 0 Å². The minimum atomic E-state index is -0.362. The third-order valence-corrected chi connectivity index (χ3v) is 5.28. The molecule has 4 aromatic rings. The van der Waals surface area contributed by atoms with E-state index in [1.807, 2.05) is 79.7 Å². The molecule has 0 fully saturated rings. The van der Waals surface area contributed by atoms with Crippen LogP contribution in [-0.4, -0.2) is 23.6 Å². The van der Waals surface area contributed by atoms with Crippen molar-refractivity contribution in [2.24, 2.45) is 0 Å². The van der Waals surface area contributed by atoms with Gasteiger partial charge in [0.05, 0.1) is 18.7 Å². The molecule has 146 valence electrons. The van der Waals surface area contributed by atoms with E-state index in [1.54, 1.807) is 7.11 Å². The van der Waals surface area contributed by atoms with Crippen molar-refractivity contribution in [3.05, 3.63) is 99.6 Å². The summed E-state index contributed by atoms with van der Waals surface area (Å²) in [7, 11) is 1.63. The summed E-state index contributed by atoms with van der Waals surface area (Å²) in [5.41, 5.74) is 5.86. The van der Waals surface area contributed by atoms with E-state index in [0.29, 0.717) is 0 Å². The van der Waals surface area contributed by atoms with Crippen molar-refractivity contribution in [3.63, 3.8) is 0 Å². The van der Waals surface area contributed by atoms with Crippen LogP contribution in [0.25, 0.3) is 22.2 Å². The van der Waals surface area contributed by atoms with Crippen molar-refractivity contribution in [1.29, 1.82) is 0 Å². The quantitative estimate of drug-likeness (QED) is 0.348. The van der Waals surface area contributed by atoms with Crippen molar-refractivity contribution in [2.75, 3.05) is 13.7 Å². The maximum Gasteiger partial charge on any atom is 0.214 e. The molecule has 1 N–H and O–H groups in total. The first-order valence-electron chi connectivity index (χ1n) is 9.50. The number of aryl methyl sites for hydroxylation is 1. The maximum absolute atomic E-state index is 11.6. The zero-order valence-corrected chi connectivity index (χ0v) is 16.4. The van der Waals surface area contributed by atoms with Crippen molar-refractivity contribution in [2.45, 2.75) is 12.8 Å². The van der Waals surface area contributed by atoms with Gasteiger partial charge in [-0.3, -0.25) is 10.1 Å². The van der Waals surface area contributed by atoms with Crippen LogP contribution in [0, 0.1) is 17.0 Å². The van der Waals surface area contributed by atoms with Crippen LogP contribution >= 0.6 is 0 Å². The first-order valence-corrected chi connectivity index (χ1v) is 9.50. The monoisotopic (exact) mass is 386 g/mol. The fourth-order valence-corrected chi connectivity index (χ4v) is 3.82. The highest BCUT2D eigenvalue weighted by molar-refractivity contribution is 5.92. The average Bonchev–Trinajstić information content (AvgIpc) is 3.12. The van der Waals surface area contributed by atoms with Crippen LogP contribution in [0.3, 0.4) is 0 Å². The van der Waals surface area contributed by atoms with E-state index in [9.17, 15) is 10.1 Å². The molecule has 0 aliphatic heterocycles. The minimum absolute atomic E-state index is 0.173. The van der Waals surface area contributed by atoms with Crippen LogP contribution in [0.2, 0.25) is 0 Å². The van der Waals surface area contributed by atoms with Gasteiger partial charge in [-0.25, -0.2) is 0 Å². The van der Waals surface area contributed by atoms with Crippen LogP contribution in [0.15, 0.2) is 72.8 Å². The topological polar surface area (TPSA) is 68.2 Å². The summed E-state index contributed by atoms with van der Waals surface area (Å²) >= 11 is 0. The Bertz CT molecular complexity index is 1150. The van der Waals surface area contributed by atoms with E-state index in [4.69, 9.17) is 4.74 Å². The Balaban J connectivity index is 1.95. The van der Waals surface area contributed by atoms with E-state index in [0.717, 1.165) is 44.6 Å². The summed E-state index contributed by atoms with van der Waals surface area (Å²) in [6.07, 6.45) is 0. The zero-order chi connectivity index (χ0) is 20.4. The molecule has 0 spiro atoms. The van der Waals surface area contributed by atoms with Gasteiger partial charge in [0, 0.05) is 15.8 Å². The summed E-state index contributed by atoms with van der Waals surface area (Å²) in [5, 5.41) is 12.6. The molecule has 0 aliphatic rings. The Kier molecular flexibility index (Phi) is 5.04. The molecule has 29 heavy (non-hydrogen) atoms. The third kappa shape index (κ3) is 3.72. The number of nitrogens with one attached hydrogen (secondary N) is 1. The first-order chi connectivity index (χ1) is 14.1. The minimum Gasteiger partial charge on any atom is -0.497 e. The number of methoxy groups -OCH3 is 1. The summed E-state index contributed by atoms with van der Waals surface area (Å²) in [4.78, 5) is 14.8. The Hall–Kier alpha value is -3.60. The summed E-state index contributed by atoms with van der Waals surface area (Å²) in [5.74, 6) is 0.408. The van der Waals surface area contributed by atoms with Gasteiger partial charge in [-0.1, -0.05) is 48.0 Å². The molecule has 0 saturated heterocycles. The molecular weight excluding hydrogens is 364 g/mol.